The number of nitrogens with one attached hydrogen (secondary N) is 1. The lowest BCUT2D eigenvalue weighted by atomic mass is 10.1. The van der Waals surface area contributed by atoms with Gasteiger partial charge in [-0.1, -0.05) is 24.3 Å². The molecule has 0 aromatic heterocycles. The van der Waals surface area contributed by atoms with Crippen molar-refractivity contribution in [3.63, 3.8) is 0 Å². The van der Waals surface area contributed by atoms with Crippen LogP contribution in [0.2, 0.25) is 0 Å². The number of nitrogens with zero attached hydrogens (tertiary/aromatic N) is 1. The summed E-state index contributed by atoms with van der Waals surface area (Å²) >= 11 is 0. The number of carbonyl (C=O) groups excluding carboxylic acids is 1. The summed E-state index contributed by atoms with van der Waals surface area (Å²) in [5.74, 6) is -0.306. The van der Waals surface area contributed by atoms with E-state index >= 15 is 0 Å². The van der Waals surface area contributed by atoms with E-state index in [9.17, 15) is 14.9 Å². The van der Waals surface area contributed by atoms with Crippen molar-refractivity contribution in [2.75, 3.05) is 0 Å². The lowest BCUT2D eigenvalue weighted by Gasteiger charge is -2.06. The highest BCUT2D eigenvalue weighted by atomic mass is 16.6. The highest BCUT2D eigenvalue weighted by Crippen LogP contribution is 2.12. The van der Waals surface area contributed by atoms with E-state index < -0.39 is 4.92 Å². The van der Waals surface area contributed by atoms with Crippen LogP contribution < -0.4 is 5.32 Å². The maximum atomic E-state index is 11.9. The number of aliphatic hydroxyl groups excluding tert-OH is 1. The standard InChI is InChI=1S/C15H14N2O4/c18-10-12-3-1-2-11(8-12)9-16-15(19)13-4-6-14(7-5-13)17(20)21/h1-8,18H,9-10H2,(H,16,19). The first-order chi connectivity index (χ1) is 10.1. The zero-order valence-corrected chi connectivity index (χ0v) is 11.2. The maximum Gasteiger partial charge on any atom is 0.269 e. The molecule has 0 saturated carbocycles. The van der Waals surface area contributed by atoms with Gasteiger partial charge in [0.15, 0.2) is 0 Å². The van der Waals surface area contributed by atoms with Crippen LogP contribution in [-0.2, 0) is 13.2 Å². The second kappa shape index (κ2) is 6.62. The molecule has 0 aliphatic heterocycles. The fourth-order valence-electron chi connectivity index (χ4n) is 1.86. The molecule has 2 N–H and O–H groups in total. The molecule has 6 nitrogen and oxygen atoms in total. The van der Waals surface area contributed by atoms with Gasteiger partial charge in [0.05, 0.1) is 11.5 Å². The Morgan fingerprint density at radius 1 is 1.14 bits per heavy atom. The average Bonchev–Trinajstić information content (AvgIpc) is 2.53. The summed E-state index contributed by atoms with van der Waals surface area (Å²) < 4.78 is 0. The Balaban J connectivity index is 1.99. The number of hydrogen-bond donors (Lipinski definition) is 2. The summed E-state index contributed by atoms with van der Waals surface area (Å²) in [6.07, 6.45) is 0. The fraction of sp³-hybridized carbons (Fsp3) is 0.133. The van der Waals surface area contributed by atoms with E-state index in [4.69, 9.17) is 5.11 Å². The minimum Gasteiger partial charge on any atom is -0.392 e. The Labute approximate surface area is 121 Å². The Hall–Kier alpha value is -2.73. The van der Waals surface area contributed by atoms with Gasteiger partial charge in [0, 0.05) is 24.2 Å². The van der Waals surface area contributed by atoms with Gasteiger partial charge in [0.25, 0.3) is 11.6 Å². The van der Waals surface area contributed by atoms with Gasteiger partial charge in [0.2, 0.25) is 0 Å². The van der Waals surface area contributed by atoms with Gasteiger partial charge in [-0.3, -0.25) is 14.9 Å². The molecule has 0 bridgehead atoms. The zero-order valence-electron chi connectivity index (χ0n) is 11.2. The van der Waals surface area contributed by atoms with Crippen molar-refractivity contribution in [1.82, 2.24) is 5.32 Å². The highest BCUT2D eigenvalue weighted by Gasteiger charge is 2.09. The van der Waals surface area contributed by atoms with Crippen molar-refractivity contribution in [2.24, 2.45) is 0 Å². The molecule has 2 aromatic carbocycles. The molecule has 0 fully saturated rings. The van der Waals surface area contributed by atoms with Gasteiger partial charge in [-0.2, -0.15) is 0 Å². The summed E-state index contributed by atoms with van der Waals surface area (Å²) in [6, 6.07) is 12.7. The highest BCUT2D eigenvalue weighted by molar-refractivity contribution is 5.94. The van der Waals surface area contributed by atoms with E-state index in [1.807, 2.05) is 6.07 Å². The van der Waals surface area contributed by atoms with Gasteiger partial charge in [-0.15, -0.1) is 0 Å². The van der Waals surface area contributed by atoms with E-state index in [0.29, 0.717) is 12.1 Å². The monoisotopic (exact) mass is 286 g/mol. The normalized spacial score (nSPS) is 10.1. The molecule has 0 heterocycles. The molecule has 21 heavy (non-hydrogen) atoms. The summed E-state index contributed by atoms with van der Waals surface area (Å²) in [6.45, 7) is 0.272. The van der Waals surface area contributed by atoms with Crippen molar-refractivity contribution in [3.05, 3.63) is 75.3 Å². The number of hydrogen-bond acceptors (Lipinski definition) is 4. The Kier molecular flexibility index (Phi) is 4.63. The van der Waals surface area contributed by atoms with Crippen molar-refractivity contribution in [3.8, 4) is 0 Å². The molecule has 1 amide bonds. The third kappa shape index (κ3) is 3.87. The van der Waals surface area contributed by atoms with Gasteiger partial charge >= 0.3 is 0 Å². The van der Waals surface area contributed by atoms with Gasteiger partial charge in [-0.25, -0.2) is 0 Å². The molecule has 6 heteroatoms. The van der Waals surface area contributed by atoms with E-state index in [2.05, 4.69) is 5.32 Å². The first kappa shape index (κ1) is 14.7. The second-order valence-corrected chi connectivity index (χ2v) is 4.46. The Morgan fingerprint density at radius 2 is 1.81 bits per heavy atom. The molecule has 0 spiro atoms. The zero-order chi connectivity index (χ0) is 15.2. The van der Waals surface area contributed by atoms with Crippen molar-refractivity contribution in [2.45, 2.75) is 13.2 Å². The SMILES string of the molecule is O=C(NCc1cccc(CO)c1)c1ccc([N+](=O)[O-])cc1. The number of benzene rings is 2. The first-order valence-corrected chi connectivity index (χ1v) is 6.31. The number of rotatable bonds is 5. The molecule has 0 unspecified atom stereocenters. The third-order valence-electron chi connectivity index (χ3n) is 2.97. The Morgan fingerprint density at radius 3 is 2.43 bits per heavy atom. The molecule has 0 saturated heterocycles. The first-order valence-electron chi connectivity index (χ1n) is 6.31. The van der Waals surface area contributed by atoms with Gasteiger partial charge in [0.1, 0.15) is 0 Å². The third-order valence-corrected chi connectivity index (χ3v) is 2.97. The average molecular weight is 286 g/mol. The van der Waals surface area contributed by atoms with E-state index in [1.54, 1.807) is 18.2 Å². The lowest BCUT2D eigenvalue weighted by Crippen LogP contribution is -2.22. The summed E-state index contributed by atoms with van der Waals surface area (Å²) in [7, 11) is 0. The summed E-state index contributed by atoms with van der Waals surface area (Å²) in [5.41, 5.74) is 1.95. The van der Waals surface area contributed by atoms with Gasteiger partial charge < -0.3 is 10.4 Å². The number of nitro benzene ring substituents is 1. The number of nitro groups is 1. The molecule has 0 aliphatic carbocycles. The van der Waals surface area contributed by atoms with Crippen LogP contribution in [0.4, 0.5) is 5.69 Å². The lowest BCUT2D eigenvalue weighted by molar-refractivity contribution is -0.384. The van der Waals surface area contributed by atoms with Crippen LogP contribution in [-0.4, -0.2) is 15.9 Å². The molecular weight excluding hydrogens is 272 g/mol. The van der Waals surface area contributed by atoms with Crippen LogP contribution in [0.15, 0.2) is 48.5 Å². The van der Waals surface area contributed by atoms with Crippen molar-refractivity contribution in [1.29, 1.82) is 0 Å². The fourth-order valence-corrected chi connectivity index (χ4v) is 1.86. The van der Waals surface area contributed by atoms with Crippen LogP contribution in [0.25, 0.3) is 0 Å². The predicted molar refractivity (Wildman–Crippen MR) is 76.6 cm³/mol. The molecule has 0 aliphatic rings. The van der Waals surface area contributed by atoms with E-state index in [0.717, 1.165) is 11.1 Å². The van der Waals surface area contributed by atoms with Crippen LogP contribution in [0.3, 0.4) is 0 Å². The molecule has 2 aromatic rings. The maximum absolute atomic E-state index is 11.9. The summed E-state index contributed by atoms with van der Waals surface area (Å²) in [4.78, 5) is 21.9. The summed E-state index contributed by atoms with van der Waals surface area (Å²) in [5, 5.41) is 22.3. The predicted octanol–water partition coefficient (Wildman–Crippen LogP) is 2.02. The van der Waals surface area contributed by atoms with E-state index in [-0.39, 0.29) is 18.2 Å². The van der Waals surface area contributed by atoms with Crippen LogP contribution in [0, 0.1) is 10.1 Å². The number of amides is 1. The number of non-ortho nitro benzene ring substituents is 1. The van der Waals surface area contributed by atoms with E-state index in [1.165, 1.54) is 24.3 Å². The van der Waals surface area contributed by atoms with Crippen LogP contribution in [0.1, 0.15) is 21.5 Å². The molecule has 0 radical (unpaired) electrons. The quantitative estimate of drug-likeness (QED) is 0.649. The number of carbonyl (C=O) groups is 1. The molecule has 0 atom stereocenters. The van der Waals surface area contributed by atoms with Crippen LogP contribution in [0.5, 0.6) is 0 Å². The van der Waals surface area contributed by atoms with Crippen molar-refractivity contribution < 1.29 is 14.8 Å². The minimum atomic E-state index is -0.512. The van der Waals surface area contributed by atoms with Crippen molar-refractivity contribution >= 4 is 11.6 Å². The largest absolute Gasteiger partial charge is 0.392 e. The second-order valence-electron chi connectivity index (χ2n) is 4.46. The van der Waals surface area contributed by atoms with Gasteiger partial charge in [-0.05, 0) is 23.3 Å². The Bertz CT molecular complexity index is 653. The minimum absolute atomic E-state index is 0.0514. The molecule has 2 rings (SSSR count). The smallest absolute Gasteiger partial charge is 0.269 e. The molecule has 108 valence electrons. The van der Waals surface area contributed by atoms with Crippen LogP contribution >= 0.6 is 0 Å². The number of aliphatic hydroxyl groups is 1. The molecular formula is C15H14N2O4. The topological polar surface area (TPSA) is 92.5 Å².